The lowest BCUT2D eigenvalue weighted by molar-refractivity contribution is 0.134. The summed E-state index contributed by atoms with van der Waals surface area (Å²) < 4.78 is 5.33. The highest BCUT2D eigenvalue weighted by atomic mass is 16.5. The SMILES string of the molecule is CC1COCN1Cc1ccccc1O. The molecule has 1 aromatic rings. The van der Waals surface area contributed by atoms with E-state index in [0.29, 0.717) is 18.5 Å². The van der Waals surface area contributed by atoms with Crippen LogP contribution in [0.5, 0.6) is 5.75 Å². The van der Waals surface area contributed by atoms with E-state index in [2.05, 4.69) is 11.8 Å². The molecule has 14 heavy (non-hydrogen) atoms. The summed E-state index contributed by atoms with van der Waals surface area (Å²) in [6.45, 7) is 4.34. The molecule has 1 aliphatic rings. The average Bonchev–Trinajstić information content (AvgIpc) is 2.56. The number of para-hydroxylation sites is 1. The van der Waals surface area contributed by atoms with E-state index >= 15 is 0 Å². The molecule has 3 heteroatoms. The van der Waals surface area contributed by atoms with Gasteiger partial charge in [0.15, 0.2) is 0 Å². The van der Waals surface area contributed by atoms with E-state index in [1.807, 2.05) is 18.2 Å². The molecule has 0 aliphatic carbocycles. The van der Waals surface area contributed by atoms with Crippen LogP contribution >= 0.6 is 0 Å². The number of hydrogen-bond acceptors (Lipinski definition) is 3. The largest absolute Gasteiger partial charge is 0.508 e. The molecule has 1 N–H and O–H groups in total. The van der Waals surface area contributed by atoms with E-state index in [1.165, 1.54) is 0 Å². The summed E-state index contributed by atoms with van der Waals surface area (Å²) in [5.41, 5.74) is 0.963. The summed E-state index contributed by atoms with van der Waals surface area (Å²) in [5, 5.41) is 9.59. The number of nitrogens with zero attached hydrogens (tertiary/aromatic N) is 1. The van der Waals surface area contributed by atoms with Gasteiger partial charge in [-0.05, 0) is 13.0 Å². The molecule has 0 aromatic heterocycles. The average molecular weight is 193 g/mol. The third-order valence-corrected chi connectivity index (χ3v) is 2.60. The number of hydrogen-bond donors (Lipinski definition) is 1. The van der Waals surface area contributed by atoms with Crippen LogP contribution in [-0.4, -0.2) is 29.4 Å². The van der Waals surface area contributed by atoms with Crippen molar-refractivity contribution in [3.8, 4) is 5.75 Å². The van der Waals surface area contributed by atoms with E-state index < -0.39 is 0 Å². The summed E-state index contributed by atoms with van der Waals surface area (Å²) in [4.78, 5) is 2.20. The van der Waals surface area contributed by atoms with Crippen molar-refractivity contribution >= 4 is 0 Å². The number of phenols is 1. The van der Waals surface area contributed by atoms with Gasteiger partial charge in [0.05, 0.1) is 13.3 Å². The zero-order chi connectivity index (χ0) is 9.97. The maximum absolute atomic E-state index is 9.59. The van der Waals surface area contributed by atoms with Crippen molar-refractivity contribution in [2.24, 2.45) is 0 Å². The summed E-state index contributed by atoms with van der Waals surface area (Å²) in [6.07, 6.45) is 0. The number of aromatic hydroxyl groups is 1. The molecule has 0 amide bonds. The van der Waals surface area contributed by atoms with Crippen molar-refractivity contribution in [1.29, 1.82) is 0 Å². The topological polar surface area (TPSA) is 32.7 Å². The molecule has 0 saturated carbocycles. The molecular weight excluding hydrogens is 178 g/mol. The molecule has 0 radical (unpaired) electrons. The Morgan fingerprint density at radius 2 is 2.29 bits per heavy atom. The normalized spacial score (nSPS) is 22.8. The van der Waals surface area contributed by atoms with Crippen LogP contribution in [-0.2, 0) is 11.3 Å². The van der Waals surface area contributed by atoms with E-state index in [1.54, 1.807) is 6.07 Å². The van der Waals surface area contributed by atoms with Crippen LogP contribution in [0.1, 0.15) is 12.5 Å². The maximum atomic E-state index is 9.59. The Labute approximate surface area is 83.9 Å². The molecule has 0 bridgehead atoms. The van der Waals surface area contributed by atoms with Crippen LogP contribution in [0, 0.1) is 0 Å². The minimum atomic E-state index is 0.367. The second kappa shape index (κ2) is 3.98. The molecule has 1 unspecified atom stereocenters. The van der Waals surface area contributed by atoms with Crippen molar-refractivity contribution in [3.63, 3.8) is 0 Å². The first-order valence-electron chi connectivity index (χ1n) is 4.86. The molecule has 1 aromatic carbocycles. The first-order chi connectivity index (χ1) is 6.77. The number of phenolic OH excluding ortho intramolecular Hbond substituents is 1. The fourth-order valence-corrected chi connectivity index (χ4v) is 1.64. The highest BCUT2D eigenvalue weighted by Crippen LogP contribution is 2.20. The molecule has 0 spiro atoms. The highest BCUT2D eigenvalue weighted by Gasteiger charge is 2.21. The van der Waals surface area contributed by atoms with Gasteiger partial charge in [-0.25, -0.2) is 0 Å². The van der Waals surface area contributed by atoms with Gasteiger partial charge in [-0.2, -0.15) is 0 Å². The predicted octanol–water partition coefficient (Wildman–Crippen LogP) is 1.57. The Balaban J connectivity index is 2.07. The van der Waals surface area contributed by atoms with Crippen molar-refractivity contribution < 1.29 is 9.84 Å². The van der Waals surface area contributed by atoms with Crippen molar-refractivity contribution in [1.82, 2.24) is 4.90 Å². The summed E-state index contributed by atoms with van der Waals surface area (Å²) in [7, 11) is 0. The Bertz CT molecular complexity index is 314. The van der Waals surface area contributed by atoms with E-state index in [-0.39, 0.29) is 0 Å². The first-order valence-corrected chi connectivity index (χ1v) is 4.86. The van der Waals surface area contributed by atoms with Gasteiger partial charge >= 0.3 is 0 Å². The quantitative estimate of drug-likeness (QED) is 0.773. The Hall–Kier alpha value is -1.06. The second-order valence-electron chi connectivity index (χ2n) is 3.72. The number of ether oxygens (including phenoxy) is 1. The van der Waals surface area contributed by atoms with E-state index in [9.17, 15) is 5.11 Å². The number of benzene rings is 1. The van der Waals surface area contributed by atoms with Gasteiger partial charge in [-0.15, -0.1) is 0 Å². The first kappa shape index (κ1) is 9.49. The fraction of sp³-hybridized carbons (Fsp3) is 0.455. The van der Waals surface area contributed by atoms with Crippen molar-refractivity contribution in [2.75, 3.05) is 13.3 Å². The molecule has 76 valence electrons. The highest BCUT2D eigenvalue weighted by molar-refractivity contribution is 5.31. The second-order valence-corrected chi connectivity index (χ2v) is 3.72. The van der Waals surface area contributed by atoms with Crippen LogP contribution in [0.2, 0.25) is 0 Å². The Kier molecular flexibility index (Phi) is 2.70. The van der Waals surface area contributed by atoms with Crippen LogP contribution in [0.4, 0.5) is 0 Å². The van der Waals surface area contributed by atoms with Crippen molar-refractivity contribution in [2.45, 2.75) is 19.5 Å². The molecule has 1 saturated heterocycles. The predicted molar refractivity (Wildman–Crippen MR) is 53.9 cm³/mol. The summed E-state index contributed by atoms with van der Waals surface area (Å²) in [5.74, 6) is 0.367. The van der Waals surface area contributed by atoms with Crippen LogP contribution in [0.3, 0.4) is 0 Å². The minimum absolute atomic E-state index is 0.367. The van der Waals surface area contributed by atoms with Gasteiger partial charge in [0.25, 0.3) is 0 Å². The minimum Gasteiger partial charge on any atom is -0.508 e. The molecule has 3 nitrogen and oxygen atoms in total. The van der Waals surface area contributed by atoms with Gasteiger partial charge in [0.1, 0.15) is 5.75 Å². The maximum Gasteiger partial charge on any atom is 0.120 e. The van der Waals surface area contributed by atoms with E-state index in [0.717, 1.165) is 18.7 Å². The van der Waals surface area contributed by atoms with Crippen molar-refractivity contribution in [3.05, 3.63) is 29.8 Å². The Morgan fingerprint density at radius 3 is 2.93 bits per heavy atom. The molecular formula is C11H15NO2. The van der Waals surface area contributed by atoms with Crippen LogP contribution in [0.15, 0.2) is 24.3 Å². The van der Waals surface area contributed by atoms with Gasteiger partial charge in [-0.1, -0.05) is 18.2 Å². The van der Waals surface area contributed by atoms with Crippen LogP contribution < -0.4 is 0 Å². The number of rotatable bonds is 2. The fourth-order valence-electron chi connectivity index (χ4n) is 1.64. The monoisotopic (exact) mass is 193 g/mol. The third kappa shape index (κ3) is 1.89. The standard InChI is InChI=1S/C11H15NO2/c1-9-7-14-8-12(9)6-10-4-2-3-5-11(10)13/h2-5,9,13H,6-8H2,1H3. The lowest BCUT2D eigenvalue weighted by Crippen LogP contribution is -2.27. The smallest absolute Gasteiger partial charge is 0.120 e. The zero-order valence-corrected chi connectivity index (χ0v) is 8.31. The molecule has 2 rings (SSSR count). The molecule has 1 aliphatic heterocycles. The van der Waals surface area contributed by atoms with Crippen LogP contribution in [0.25, 0.3) is 0 Å². The molecule has 1 atom stereocenters. The summed E-state index contributed by atoms with van der Waals surface area (Å²) in [6, 6.07) is 7.88. The third-order valence-electron chi connectivity index (χ3n) is 2.60. The lowest BCUT2D eigenvalue weighted by atomic mass is 10.2. The van der Waals surface area contributed by atoms with Gasteiger partial charge < -0.3 is 9.84 Å². The Morgan fingerprint density at radius 1 is 1.50 bits per heavy atom. The molecule has 1 fully saturated rings. The van der Waals surface area contributed by atoms with E-state index in [4.69, 9.17) is 4.74 Å². The lowest BCUT2D eigenvalue weighted by Gasteiger charge is -2.18. The summed E-state index contributed by atoms with van der Waals surface area (Å²) >= 11 is 0. The van der Waals surface area contributed by atoms with Gasteiger partial charge in [0, 0.05) is 18.2 Å². The molecule has 1 heterocycles. The van der Waals surface area contributed by atoms with Gasteiger partial charge in [0.2, 0.25) is 0 Å². The zero-order valence-electron chi connectivity index (χ0n) is 8.31. The van der Waals surface area contributed by atoms with Gasteiger partial charge in [-0.3, -0.25) is 4.90 Å².